The third-order valence-electron chi connectivity index (χ3n) is 6.75. The molecule has 6 atom stereocenters. The van der Waals surface area contributed by atoms with Crippen LogP contribution in [0.15, 0.2) is 24.3 Å². The smallest absolute Gasteiger partial charge is 0.322 e. The summed E-state index contributed by atoms with van der Waals surface area (Å²) in [5.41, 5.74) is 0.678. The topological polar surface area (TPSA) is 108 Å². The number of carbonyl (C=O) groups is 2. The maximum Gasteiger partial charge on any atom is 0.322 e. The summed E-state index contributed by atoms with van der Waals surface area (Å²) in [6, 6.07) is 4.94. The van der Waals surface area contributed by atoms with Crippen LogP contribution in [0.2, 0.25) is 0 Å². The molecule has 31 heavy (non-hydrogen) atoms. The number of nitrogens with zero attached hydrogens (tertiary/aromatic N) is 1. The zero-order valence-corrected chi connectivity index (χ0v) is 18.6. The SMILES string of the molecule is COC(=O)[C@@H]1C[C@H](C(=O)O[C@@H]2C[C@H](C)CC[C@H]2C(C)C)[C@H](c2ccc([N+](=O)[O-])cc2)N1. The Morgan fingerprint density at radius 1 is 1.13 bits per heavy atom. The second kappa shape index (κ2) is 9.77. The standard InChI is InChI=1S/C23H32N2O6/c1-13(2)17-10-5-14(3)11-20(17)31-22(26)18-12-19(23(27)30-4)24-21(18)15-6-8-16(9-7-15)25(28)29/h6-9,13-14,17-21,24H,5,10-12H2,1-4H3/t14-,17+,18+,19+,20-,21+/m1/s1. The van der Waals surface area contributed by atoms with Crippen LogP contribution in [0.5, 0.6) is 0 Å². The Bertz CT molecular complexity index is 809. The van der Waals surface area contributed by atoms with Crippen LogP contribution in [0.25, 0.3) is 0 Å². The third-order valence-corrected chi connectivity index (χ3v) is 6.75. The van der Waals surface area contributed by atoms with E-state index in [0.717, 1.165) is 19.3 Å². The van der Waals surface area contributed by atoms with E-state index in [2.05, 4.69) is 26.1 Å². The Labute approximate surface area is 182 Å². The lowest BCUT2D eigenvalue weighted by Crippen LogP contribution is -2.38. The van der Waals surface area contributed by atoms with Crippen LogP contribution in [-0.4, -0.2) is 36.1 Å². The third kappa shape index (κ3) is 5.23. The number of carbonyl (C=O) groups excluding carboxylic acids is 2. The van der Waals surface area contributed by atoms with Gasteiger partial charge in [0.2, 0.25) is 0 Å². The van der Waals surface area contributed by atoms with E-state index in [4.69, 9.17) is 9.47 Å². The van der Waals surface area contributed by atoms with Crippen molar-refractivity contribution in [1.29, 1.82) is 0 Å². The van der Waals surface area contributed by atoms with Crippen LogP contribution in [0.1, 0.15) is 58.1 Å². The number of nitro groups is 1. The summed E-state index contributed by atoms with van der Waals surface area (Å²) in [4.78, 5) is 35.9. The molecule has 1 aliphatic heterocycles. The molecule has 0 radical (unpaired) electrons. The molecule has 0 bridgehead atoms. The van der Waals surface area contributed by atoms with Crippen LogP contribution < -0.4 is 5.32 Å². The highest BCUT2D eigenvalue weighted by atomic mass is 16.6. The van der Waals surface area contributed by atoms with Crippen molar-refractivity contribution in [3.8, 4) is 0 Å². The fourth-order valence-corrected chi connectivity index (χ4v) is 4.95. The molecular weight excluding hydrogens is 400 g/mol. The van der Waals surface area contributed by atoms with Gasteiger partial charge in [0.1, 0.15) is 12.1 Å². The molecule has 1 N–H and O–H groups in total. The lowest BCUT2D eigenvalue weighted by molar-refractivity contribution is -0.384. The summed E-state index contributed by atoms with van der Waals surface area (Å²) in [6.07, 6.45) is 3.15. The quantitative estimate of drug-likeness (QED) is 0.414. The van der Waals surface area contributed by atoms with Crippen LogP contribution in [0.4, 0.5) is 5.69 Å². The molecule has 170 valence electrons. The average Bonchev–Trinajstić information content (AvgIpc) is 3.18. The molecule has 0 spiro atoms. The number of benzene rings is 1. The predicted molar refractivity (Wildman–Crippen MR) is 114 cm³/mol. The number of nitro benzene ring substituents is 1. The van der Waals surface area contributed by atoms with Gasteiger partial charge in [0.25, 0.3) is 5.69 Å². The summed E-state index contributed by atoms with van der Waals surface area (Å²) in [6.45, 7) is 6.50. The van der Waals surface area contributed by atoms with Gasteiger partial charge < -0.3 is 9.47 Å². The minimum atomic E-state index is -0.631. The first kappa shape index (κ1) is 23.2. The number of esters is 2. The van der Waals surface area contributed by atoms with Gasteiger partial charge in [-0.15, -0.1) is 0 Å². The van der Waals surface area contributed by atoms with Crippen molar-refractivity contribution in [2.45, 2.75) is 64.6 Å². The van der Waals surface area contributed by atoms with Crippen LogP contribution >= 0.6 is 0 Å². The van der Waals surface area contributed by atoms with E-state index in [9.17, 15) is 19.7 Å². The molecule has 1 aromatic rings. The summed E-state index contributed by atoms with van der Waals surface area (Å²) < 4.78 is 10.9. The largest absolute Gasteiger partial charge is 0.468 e. The van der Waals surface area contributed by atoms with E-state index >= 15 is 0 Å². The molecule has 2 aliphatic rings. The van der Waals surface area contributed by atoms with E-state index in [1.54, 1.807) is 12.1 Å². The van der Waals surface area contributed by atoms with Crippen molar-refractivity contribution >= 4 is 17.6 Å². The number of nitrogens with one attached hydrogen (secondary N) is 1. The average molecular weight is 433 g/mol. The molecule has 1 heterocycles. The van der Waals surface area contributed by atoms with Crippen molar-refractivity contribution in [3.05, 3.63) is 39.9 Å². The number of rotatable bonds is 6. The van der Waals surface area contributed by atoms with E-state index in [0.29, 0.717) is 23.3 Å². The first-order chi connectivity index (χ1) is 14.7. The van der Waals surface area contributed by atoms with Crippen molar-refractivity contribution < 1.29 is 24.0 Å². The van der Waals surface area contributed by atoms with Crippen LogP contribution in [0, 0.1) is 33.8 Å². The Morgan fingerprint density at radius 3 is 2.39 bits per heavy atom. The number of ether oxygens (including phenoxy) is 2. The molecule has 0 aromatic heterocycles. The molecule has 1 saturated heterocycles. The predicted octanol–water partition coefficient (Wildman–Crippen LogP) is 3.79. The van der Waals surface area contributed by atoms with Gasteiger partial charge in [-0.25, -0.2) is 0 Å². The summed E-state index contributed by atoms with van der Waals surface area (Å²) in [7, 11) is 1.31. The van der Waals surface area contributed by atoms with E-state index in [-0.39, 0.29) is 24.2 Å². The Balaban J connectivity index is 1.81. The molecule has 1 saturated carbocycles. The van der Waals surface area contributed by atoms with Gasteiger partial charge >= 0.3 is 11.9 Å². The second-order valence-electron chi connectivity index (χ2n) is 9.21. The highest BCUT2D eigenvalue weighted by molar-refractivity contribution is 5.80. The lowest BCUT2D eigenvalue weighted by Gasteiger charge is -2.37. The van der Waals surface area contributed by atoms with Gasteiger partial charge in [-0.2, -0.15) is 0 Å². The van der Waals surface area contributed by atoms with Gasteiger partial charge in [-0.05, 0) is 42.6 Å². The first-order valence-corrected chi connectivity index (χ1v) is 11.0. The number of hydrogen-bond donors (Lipinski definition) is 1. The minimum Gasteiger partial charge on any atom is -0.468 e. The van der Waals surface area contributed by atoms with Gasteiger partial charge in [0.15, 0.2) is 0 Å². The van der Waals surface area contributed by atoms with E-state index in [1.165, 1.54) is 19.2 Å². The summed E-state index contributed by atoms with van der Waals surface area (Å²) in [5.74, 6) is -0.0945. The monoisotopic (exact) mass is 432 g/mol. The molecular formula is C23H32N2O6. The maximum absolute atomic E-state index is 13.3. The molecule has 0 unspecified atom stereocenters. The highest BCUT2D eigenvalue weighted by Gasteiger charge is 2.45. The van der Waals surface area contributed by atoms with E-state index < -0.39 is 28.9 Å². The summed E-state index contributed by atoms with van der Waals surface area (Å²) in [5, 5.41) is 14.1. The molecule has 1 aliphatic carbocycles. The minimum absolute atomic E-state index is 0.0265. The molecule has 8 nitrogen and oxygen atoms in total. The molecule has 8 heteroatoms. The molecule has 1 aromatic carbocycles. The van der Waals surface area contributed by atoms with Crippen molar-refractivity contribution in [2.75, 3.05) is 7.11 Å². The molecule has 0 amide bonds. The summed E-state index contributed by atoms with van der Waals surface area (Å²) >= 11 is 0. The van der Waals surface area contributed by atoms with E-state index in [1.807, 2.05) is 0 Å². The highest BCUT2D eigenvalue weighted by Crippen LogP contribution is 2.39. The lowest BCUT2D eigenvalue weighted by atomic mass is 9.75. The van der Waals surface area contributed by atoms with Crippen LogP contribution in [-0.2, 0) is 19.1 Å². The van der Waals surface area contributed by atoms with Crippen molar-refractivity contribution in [1.82, 2.24) is 5.32 Å². The first-order valence-electron chi connectivity index (χ1n) is 11.0. The molecule has 3 rings (SSSR count). The van der Waals surface area contributed by atoms with Crippen LogP contribution in [0.3, 0.4) is 0 Å². The van der Waals surface area contributed by atoms with Crippen molar-refractivity contribution in [3.63, 3.8) is 0 Å². The van der Waals surface area contributed by atoms with Gasteiger partial charge in [0, 0.05) is 18.2 Å². The van der Waals surface area contributed by atoms with Gasteiger partial charge in [-0.1, -0.05) is 39.3 Å². The Kier molecular flexibility index (Phi) is 7.30. The van der Waals surface area contributed by atoms with Gasteiger partial charge in [0.05, 0.1) is 18.0 Å². The maximum atomic E-state index is 13.3. The van der Waals surface area contributed by atoms with Gasteiger partial charge in [-0.3, -0.25) is 25.0 Å². The Morgan fingerprint density at radius 2 is 1.81 bits per heavy atom. The molecule has 2 fully saturated rings. The fraction of sp³-hybridized carbons (Fsp3) is 0.652. The Hall–Kier alpha value is -2.48. The fourth-order valence-electron chi connectivity index (χ4n) is 4.95. The number of hydrogen-bond acceptors (Lipinski definition) is 7. The normalized spacial score (nSPS) is 30.7. The number of methoxy groups -OCH3 is 1. The second-order valence-corrected chi connectivity index (χ2v) is 9.21. The zero-order valence-electron chi connectivity index (χ0n) is 18.6. The number of non-ortho nitro benzene ring substituents is 1. The zero-order chi connectivity index (χ0) is 22.7. The van der Waals surface area contributed by atoms with Crippen molar-refractivity contribution in [2.24, 2.45) is 23.7 Å².